The minimum Gasteiger partial charge on any atom is -0.309 e. The van der Waals surface area contributed by atoms with Crippen molar-refractivity contribution < 1.29 is 0 Å². The van der Waals surface area contributed by atoms with Crippen LogP contribution in [0.1, 0.15) is 43.0 Å². The van der Waals surface area contributed by atoms with Crippen LogP contribution in [0.25, 0.3) is 21.3 Å². The summed E-state index contributed by atoms with van der Waals surface area (Å²) < 4.78 is 0. The van der Waals surface area contributed by atoms with Crippen molar-refractivity contribution in [3.63, 3.8) is 0 Å². The lowest BCUT2D eigenvalue weighted by molar-refractivity contribution is 0.269. The summed E-state index contributed by atoms with van der Waals surface area (Å²) in [6.45, 7) is 11.2. The second-order valence-corrected chi connectivity index (χ2v) is 8.02. The SMILES string of the molecule is CCCCN(CC)Cc1nc2sc(C)c(-c3ccc(C)cc3)c2c(=O)[nH]1. The maximum Gasteiger partial charge on any atom is 0.260 e. The number of aromatic amines is 1. The minimum absolute atomic E-state index is 0.0310. The molecule has 0 aliphatic carbocycles. The molecule has 5 heteroatoms. The van der Waals surface area contributed by atoms with Gasteiger partial charge in [0.15, 0.2) is 0 Å². The number of aryl methyl sites for hydroxylation is 2. The van der Waals surface area contributed by atoms with Crippen LogP contribution in [0, 0.1) is 13.8 Å². The molecule has 0 spiro atoms. The highest BCUT2D eigenvalue weighted by Crippen LogP contribution is 2.35. The number of unbranched alkanes of at least 4 members (excludes halogenated alkanes) is 1. The highest BCUT2D eigenvalue weighted by Gasteiger charge is 2.17. The van der Waals surface area contributed by atoms with Gasteiger partial charge in [0.25, 0.3) is 5.56 Å². The molecule has 1 aromatic carbocycles. The first kappa shape index (κ1) is 18.8. The molecule has 2 heterocycles. The van der Waals surface area contributed by atoms with Gasteiger partial charge in [0, 0.05) is 10.4 Å². The minimum atomic E-state index is -0.0310. The van der Waals surface area contributed by atoms with Gasteiger partial charge in [-0.3, -0.25) is 9.69 Å². The summed E-state index contributed by atoms with van der Waals surface area (Å²) in [7, 11) is 0. The topological polar surface area (TPSA) is 49.0 Å². The van der Waals surface area contributed by atoms with E-state index in [0.29, 0.717) is 6.54 Å². The van der Waals surface area contributed by atoms with Crippen molar-refractivity contribution >= 4 is 21.6 Å². The van der Waals surface area contributed by atoms with Crippen LogP contribution in [-0.4, -0.2) is 28.0 Å². The van der Waals surface area contributed by atoms with Gasteiger partial charge in [-0.05, 0) is 38.9 Å². The van der Waals surface area contributed by atoms with Crippen molar-refractivity contribution in [1.29, 1.82) is 0 Å². The summed E-state index contributed by atoms with van der Waals surface area (Å²) in [4.78, 5) is 25.0. The molecular formula is C21H27N3OS. The summed E-state index contributed by atoms with van der Waals surface area (Å²) >= 11 is 1.61. The Morgan fingerprint density at radius 2 is 1.88 bits per heavy atom. The Kier molecular flexibility index (Phi) is 5.89. The molecule has 0 saturated carbocycles. The highest BCUT2D eigenvalue weighted by atomic mass is 32.1. The molecule has 0 fully saturated rings. The molecule has 0 atom stereocenters. The molecule has 138 valence electrons. The van der Waals surface area contributed by atoms with Gasteiger partial charge in [-0.25, -0.2) is 4.98 Å². The zero-order chi connectivity index (χ0) is 18.7. The fourth-order valence-electron chi connectivity index (χ4n) is 3.25. The van der Waals surface area contributed by atoms with Gasteiger partial charge in [-0.15, -0.1) is 11.3 Å². The lowest BCUT2D eigenvalue weighted by atomic mass is 10.0. The maximum absolute atomic E-state index is 12.9. The third-order valence-electron chi connectivity index (χ3n) is 4.78. The normalized spacial score (nSPS) is 11.6. The van der Waals surface area contributed by atoms with E-state index in [-0.39, 0.29) is 5.56 Å². The maximum atomic E-state index is 12.9. The molecule has 0 bridgehead atoms. The lowest BCUT2D eigenvalue weighted by Crippen LogP contribution is -2.26. The molecule has 26 heavy (non-hydrogen) atoms. The van der Waals surface area contributed by atoms with Crippen molar-refractivity contribution in [2.24, 2.45) is 0 Å². The van der Waals surface area contributed by atoms with E-state index in [1.807, 2.05) is 0 Å². The molecule has 0 radical (unpaired) electrons. The van der Waals surface area contributed by atoms with Crippen LogP contribution in [0.2, 0.25) is 0 Å². The molecular weight excluding hydrogens is 342 g/mol. The second-order valence-electron chi connectivity index (χ2n) is 6.81. The molecule has 0 amide bonds. The largest absolute Gasteiger partial charge is 0.309 e. The average molecular weight is 370 g/mol. The van der Waals surface area contributed by atoms with E-state index in [1.165, 1.54) is 12.0 Å². The Bertz CT molecular complexity index is 940. The average Bonchev–Trinajstić information content (AvgIpc) is 2.95. The van der Waals surface area contributed by atoms with Gasteiger partial charge < -0.3 is 4.98 Å². The smallest absolute Gasteiger partial charge is 0.260 e. The molecule has 4 nitrogen and oxygen atoms in total. The van der Waals surface area contributed by atoms with Crippen LogP contribution >= 0.6 is 11.3 Å². The number of thiophene rings is 1. The van der Waals surface area contributed by atoms with E-state index in [9.17, 15) is 4.79 Å². The van der Waals surface area contributed by atoms with Crippen molar-refractivity contribution in [2.45, 2.75) is 47.1 Å². The number of aromatic nitrogens is 2. The molecule has 1 N–H and O–H groups in total. The van der Waals surface area contributed by atoms with Crippen molar-refractivity contribution in [3.05, 3.63) is 50.9 Å². The van der Waals surface area contributed by atoms with Gasteiger partial charge in [0.05, 0.1) is 11.9 Å². The highest BCUT2D eigenvalue weighted by molar-refractivity contribution is 7.19. The van der Waals surface area contributed by atoms with Gasteiger partial charge in [0.1, 0.15) is 10.7 Å². The molecule has 0 saturated heterocycles. The third kappa shape index (κ3) is 3.89. The van der Waals surface area contributed by atoms with Gasteiger partial charge in [-0.2, -0.15) is 0 Å². The number of rotatable bonds is 7. The summed E-state index contributed by atoms with van der Waals surface area (Å²) in [6.07, 6.45) is 2.33. The molecule has 3 rings (SSSR count). The van der Waals surface area contributed by atoms with Crippen LogP contribution in [-0.2, 0) is 6.54 Å². The molecule has 3 aromatic rings. The van der Waals surface area contributed by atoms with Gasteiger partial charge in [0.2, 0.25) is 0 Å². The lowest BCUT2D eigenvalue weighted by Gasteiger charge is -2.19. The van der Waals surface area contributed by atoms with E-state index in [2.05, 4.69) is 61.8 Å². The monoisotopic (exact) mass is 369 g/mol. The number of hydrogen-bond donors (Lipinski definition) is 1. The number of nitrogens with zero attached hydrogens (tertiary/aromatic N) is 2. The van der Waals surface area contributed by atoms with E-state index < -0.39 is 0 Å². The van der Waals surface area contributed by atoms with Crippen LogP contribution in [0.5, 0.6) is 0 Å². The Morgan fingerprint density at radius 1 is 1.15 bits per heavy atom. The predicted octanol–water partition coefficient (Wildman–Crippen LogP) is 4.89. The first-order valence-corrected chi connectivity index (χ1v) is 10.2. The van der Waals surface area contributed by atoms with Crippen molar-refractivity contribution in [1.82, 2.24) is 14.9 Å². The predicted molar refractivity (Wildman–Crippen MR) is 111 cm³/mol. The number of H-pyrrole nitrogens is 1. The number of fused-ring (bicyclic) bond motifs is 1. The molecule has 0 aliphatic rings. The number of hydrogen-bond acceptors (Lipinski definition) is 4. The molecule has 2 aromatic heterocycles. The fourth-order valence-corrected chi connectivity index (χ4v) is 4.31. The zero-order valence-corrected chi connectivity index (χ0v) is 16.9. The van der Waals surface area contributed by atoms with Crippen LogP contribution < -0.4 is 5.56 Å². The Hall–Kier alpha value is -1.98. The Balaban J connectivity index is 2.00. The van der Waals surface area contributed by atoms with E-state index in [4.69, 9.17) is 4.98 Å². The van der Waals surface area contributed by atoms with Crippen LogP contribution in [0.4, 0.5) is 0 Å². The van der Waals surface area contributed by atoms with Crippen LogP contribution in [0.15, 0.2) is 29.1 Å². The molecule has 0 aliphatic heterocycles. The fraction of sp³-hybridized carbons (Fsp3) is 0.429. The summed E-state index contributed by atoms with van der Waals surface area (Å²) in [6, 6.07) is 8.34. The first-order valence-electron chi connectivity index (χ1n) is 9.35. The summed E-state index contributed by atoms with van der Waals surface area (Å²) in [5.41, 5.74) is 3.28. The zero-order valence-electron chi connectivity index (χ0n) is 16.1. The quantitative estimate of drug-likeness (QED) is 0.645. The van der Waals surface area contributed by atoms with E-state index >= 15 is 0 Å². The molecule has 0 unspecified atom stereocenters. The van der Waals surface area contributed by atoms with Crippen molar-refractivity contribution in [2.75, 3.05) is 13.1 Å². The third-order valence-corrected chi connectivity index (χ3v) is 5.77. The number of nitrogens with one attached hydrogen (secondary N) is 1. The Labute approximate surface area is 158 Å². The summed E-state index contributed by atoms with van der Waals surface area (Å²) in [5.74, 6) is 0.761. The van der Waals surface area contributed by atoms with E-state index in [1.54, 1.807) is 11.3 Å². The first-order chi connectivity index (χ1) is 12.5. The summed E-state index contributed by atoms with van der Waals surface area (Å²) in [5, 5.41) is 0.719. The Morgan fingerprint density at radius 3 is 2.54 bits per heavy atom. The van der Waals surface area contributed by atoms with Crippen molar-refractivity contribution in [3.8, 4) is 11.1 Å². The van der Waals surface area contributed by atoms with Gasteiger partial charge >= 0.3 is 0 Å². The van der Waals surface area contributed by atoms with Gasteiger partial charge in [-0.1, -0.05) is 50.1 Å². The van der Waals surface area contributed by atoms with Crippen LogP contribution in [0.3, 0.4) is 0 Å². The second kappa shape index (κ2) is 8.14. The number of benzene rings is 1. The van der Waals surface area contributed by atoms with E-state index in [0.717, 1.165) is 51.6 Å². The standard InChI is InChI=1S/C21H27N3OS/c1-5-7-12-24(6-2)13-17-22-20(25)19-18(15(4)26-21(19)23-17)16-10-8-14(3)9-11-16/h8-11H,5-7,12-13H2,1-4H3,(H,22,23,25).